The molecule has 0 spiro atoms. The zero-order valence-electron chi connectivity index (χ0n) is 10.3. The summed E-state index contributed by atoms with van der Waals surface area (Å²) in [6.45, 7) is -0.447. The number of rotatable bonds is 3. The van der Waals surface area contributed by atoms with E-state index < -0.39 is 28.4 Å². The van der Waals surface area contributed by atoms with Crippen LogP contribution in [0, 0.1) is 0 Å². The zero-order valence-corrected chi connectivity index (χ0v) is 11.1. The zero-order chi connectivity index (χ0) is 15.2. The molecular weight excluding hydrogens is 302 g/mol. The summed E-state index contributed by atoms with van der Waals surface area (Å²) < 4.78 is 29.7. The van der Waals surface area contributed by atoms with E-state index >= 15 is 0 Å². The first-order valence-corrected chi connectivity index (χ1v) is 7.06. The van der Waals surface area contributed by atoms with Crippen LogP contribution in [0.2, 0.25) is 0 Å². The van der Waals surface area contributed by atoms with Crippen molar-refractivity contribution in [3.63, 3.8) is 0 Å². The molecule has 2 aromatic heterocycles. The van der Waals surface area contributed by atoms with Gasteiger partial charge in [-0.3, -0.25) is 4.79 Å². The predicted molar refractivity (Wildman–Crippen MR) is 64.8 cm³/mol. The maximum Gasteiger partial charge on any atom is 0.358 e. The number of carboxylic acids is 1. The SMILES string of the molecule is O=C(O)c1cc(CN2C(=O)c3cccnc3S2(=O)=O)on1. The number of amides is 1. The first kappa shape index (κ1) is 13.2. The number of sulfonamides is 1. The van der Waals surface area contributed by atoms with Crippen LogP contribution in [-0.4, -0.2) is 39.8 Å². The van der Waals surface area contributed by atoms with Crippen LogP contribution in [0.4, 0.5) is 0 Å². The largest absolute Gasteiger partial charge is 0.476 e. The van der Waals surface area contributed by atoms with Gasteiger partial charge in [-0.1, -0.05) is 5.16 Å². The quantitative estimate of drug-likeness (QED) is 0.845. The average Bonchev–Trinajstić information content (AvgIpc) is 2.98. The lowest BCUT2D eigenvalue weighted by Gasteiger charge is -2.11. The Kier molecular flexibility index (Phi) is 2.76. The summed E-state index contributed by atoms with van der Waals surface area (Å²) >= 11 is 0. The minimum Gasteiger partial charge on any atom is -0.476 e. The number of pyridine rings is 1. The molecule has 0 aromatic carbocycles. The molecule has 1 amide bonds. The molecule has 1 aliphatic rings. The molecule has 1 N–H and O–H groups in total. The van der Waals surface area contributed by atoms with Gasteiger partial charge in [0, 0.05) is 12.3 Å². The second-order valence-electron chi connectivity index (χ2n) is 4.16. The Balaban J connectivity index is 1.97. The molecule has 0 atom stereocenters. The number of carbonyl (C=O) groups is 2. The highest BCUT2D eigenvalue weighted by atomic mass is 32.2. The average molecular weight is 309 g/mol. The molecule has 0 saturated heterocycles. The molecule has 0 radical (unpaired) electrons. The van der Waals surface area contributed by atoms with E-state index in [9.17, 15) is 18.0 Å². The van der Waals surface area contributed by atoms with Gasteiger partial charge in [0.05, 0.1) is 12.1 Å². The van der Waals surface area contributed by atoms with Gasteiger partial charge >= 0.3 is 5.97 Å². The molecule has 10 heteroatoms. The van der Waals surface area contributed by atoms with E-state index in [0.29, 0.717) is 4.31 Å². The van der Waals surface area contributed by atoms with Gasteiger partial charge in [0.1, 0.15) is 0 Å². The van der Waals surface area contributed by atoms with Crippen molar-refractivity contribution in [3.8, 4) is 0 Å². The van der Waals surface area contributed by atoms with Crippen molar-refractivity contribution in [3.05, 3.63) is 41.4 Å². The molecule has 0 unspecified atom stereocenters. The number of fused-ring (bicyclic) bond motifs is 1. The van der Waals surface area contributed by atoms with Crippen molar-refractivity contribution in [2.45, 2.75) is 11.6 Å². The lowest BCUT2D eigenvalue weighted by Crippen LogP contribution is -2.29. The van der Waals surface area contributed by atoms with Crippen LogP contribution in [0.5, 0.6) is 0 Å². The molecule has 0 fully saturated rings. The van der Waals surface area contributed by atoms with Crippen molar-refractivity contribution >= 4 is 21.9 Å². The van der Waals surface area contributed by atoms with Gasteiger partial charge in [0.15, 0.2) is 16.5 Å². The van der Waals surface area contributed by atoms with Crippen LogP contribution in [0.1, 0.15) is 26.6 Å². The summed E-state index contributed by atoms with van der Waals surface area (Å²) in [5.41, 5.74) is -0.403. The van der Waals surface area contributed by atoms with Gasteiger partial charge < -0.3 is 9.63 Å². The van der Waals surface area contributed by atoms with Crippen molar-refractivity contribution < 1.29 is 27.6 Å². The Morgan fingerprint density at radius 3 is 2.81 bits per heavy atom. The van der Waals surface area contributed by atoms with Gasteiger partial charge in [-0.15, -0.1) is 0 Å². The molecule has 21 heavy (non-hydrogen) atoms. The van der Waals surface area contributed by atoms with E-state index in [1.165, 1.54) is 18.3 Å². The smallest absolute Gasteiger partial charge is 0.358 e. The van der Waals surface area contributed by atoms with Crippen LogP contribution in [0.3, 0.4) is 0 Å². The Morgan fingerprint density at radius 1 is 1.43 bits per heavy atom. The Labute approximate surface area is 117 Å². The third kappa shape index (κ3) is 1.96. The minimum atomic E-state index is -4.07. The number of aromatic nitrogens is 2. The van der Waals surface area contributed by atoms with E-state index in [4.69, 9.17) is 9.63 Å². The number of hydrogen-bond acceptors (Lipinski definition) is 7. The molecule has 3 rings (SSSR count). The van der Waals surface area contributed by atoms with Crippen LogP contribution < -0.4 is 0 Å². The fourth-order valence-corrected chi connectivity index (χ4v) is 3.34. The Morgan fingerprint density at radius 2 is 2.19 bits per heavy atom. The second kappa shape index (κ2) is 4.38. The lowest BCUT2D eigenvalue weighted by atomic mass is 10.2. The summed E-state index contributed by atoms with van der Waals surface area (Å²) in [4.78, 5) is 26.5. The topological polar surface area (TPSA) is 131 Å². The highest BCUT2D eigenvalue weighted by molar-refractivity contribution is 7.90. The number of carboxylic acid groups (broad SMARTS) is 1. The van der Waals surface area contributed by atoms with E-state index in [1.807, 2.05) is 0 Å². The number of nitrogens with zero attached hydrogens (tertiary/aromatic N) is 3. The van der Waals surface area contributed by atoms with Crippen LogP contribution in [-0.2, 0) is 16.6 Å². The fraction of sp³-hybridized carbons (Fsp3) is 0.0909. The predicted octanol–water partition coefficient (Wildman–Crippen LogP) is 0.113. The van der Waals surface area contributed by atoms with Gasteiger partial charge in [-0.05, 0) is 12.1 Å². The third-order valence-electron chi connectivity index (χ3n) is 2.84. The van der Waals surface area contributed by atoms with Crippen molar-refractivity contribution in [1.29, 1.82) is 0 Å². The van der Waals surface area contributed by atoms with Crippen LogP contribution in [0.25, 0.3) is 0 Å². The number of carbonyl (C=O) groups excluding carboxylic acids is 1. The third-order valence-corrected chi connectivity index (χ3v) is 4.53. The summed E-state index contributed by atoms with van der Waals surface area (Å²) in [5.74, 6) is -2.12. The van der Waals surface area contributed by atoms with Crippen molar-refractivity contribution in [2.24, 2.45) is 0 Å². The molecular formula is C11H7N3O6S. The van der Waals surface area contributed by atoms with Crippen molar-refractivity contribution in [2.75, 3.05) is 0 Å². The van der Waals surface area contributed by atoms with Crippen molar-refractivity contribution in [1.82, 2.24) is 14.4 Å². The minimum absolute atomic E-state index is 0.0320. The van der Waals surface area contributed by atoms with E-state index in [-0.39, 0.29) is 22.0 Å². The fourth-order valence-electron chi connectivity index (χ4n) is 1.89. The van der Waals surface area contributed by atoms with E-state index in [1.54, 1.807) is 0 Å². The molecule has 0 bridgehead atoms. The first-order chi connectivity index (χ1) is 9.91. The molecule has 3 heterocycles. The highest BCUT2D eigenvalue weighted by Crippen LogP contribution is 2.29. The Bertz CT molecular complexity index is 856. The molecule has 108 valence electrons. The monoisotopic (exact) mass is 309 g/mol. The summed E-state index contributed by atoms with van der Waals surface area (Å²) in [6.07, 6.45) is 1.27. The lowest BCUT2D eigenvalue weighted by molar-refractivity contribution is 0.0684. The second-order valence-corrected chi connectivity index (χ2v) is 5.93. The number of aromatic carboxylic acids is 1. The molecule has 1 aliphatic heterocycles. The normalized spacial score (nSPS) is 16.0. The number of hydrogen-bond donors (Lipinski definition) is 1. The maximum atomic E-state index is 12.2. The summed E-state index contributed by atoms with van der Waals surface area (Å²) in [5, 5.41) is 11.7. The van der Waals surface area contributed by atoms with Crippen LogP contribution >= 0.6 is 0 Å². The standard InChI is InChI=1S/C11H7N3O6S/c15-10-7-2-1-3-12-9(7)21(18,19)14(10)5-6-4-8(11(16)17)13-20-6/h1-4H,5H2,(H,16,17). The van der Waals surface area contributed by atoms with Gasteiger partial charge in [-0.2, -0.15) is 8.42 Å². The van der Waals surface area contributed by atoms with E-state index in [0.717, 1.165) is 6.07 Å². The van der Waals surface area contributed by atoms with Gasteiger partial charge in [0.25, 0.3) is 15.9 Å². The molecule has 0 saturated carbocycles. The molecule has 9 nitrogen and oxygen atoms in total. The van der Waals surface area contributed by atoms with Gasteiger partial charge in [0.2, 0.25) is 0 Å². The summed E-state index contributed by atoms with van der Waals surface area (Å²) in [6, 6.07) is 3.86. The molecule has 2 aromatic rings. The van der Waals surface area contributed by atoms with Gasteiger partial charge in [-0.25, -0.2) is 14.1 Å². The molecule has 0 aliphatic carbocycles. The summed E-state index contributed by atoms with van der Waals surface area (Å²) in [7, 11) is -4.07. The van der Waals surface area contributed by atoms with E-state index in [2.05, 4.69) is 10.1 Å². The van der Waals surface area contributed by atoms with Crippen LogP contribution in [0.15, 0.2) is 33.9 Å². The Hall–Kier alpha value is -2.75. The maximum absolute atomic E-state index is 12.2. The highest BCUT2D eigenvalue weighted by Gasteiger charge is 2.42. The first-order valence-electron chi connectivity index (χ1n) is 5.62.